The number of nitrogens with two attached hydrogens (primary N) is 1. The lowest BCUT2D eigenvalue weighted by molar-refractivity contribution is -0.313. The minimum absolute atomic E-state index is 0.226. The maximum atomic E-state index is 6.51. The van der Waals surface area contributed by atoms with Crippen molar-refractivity contribution in [3.63, 3.8) is 0 Å². The Bertz CT molecular complexity index is 591. The molecule has 20 heavy (non-hydrogen) atoms. The first-order valence-electron chi connectivity index (χ1n) is 6.70. The van der Waals surface area contributed by atoms with E-state index in [4.69, 9.17) is 15.5 Å². The van der Waals surface area contributed by atoms with Crippen molar-refractivity contribution in [1.82, 2.24) is 9.97 Å². The van der Waals surface area contributed by atoms with Crippen LogP contribution >= 0.6 is 0 Å². The van der Waals surface area contributed by atoms with E-state index in [0.717, 1.165) is 17.5 Å². The number of hydrogen-bond donors (Lipinski definition) is 1. The van der Waals surface area contributed by atoms with Crippen LogP contribution in [0.15, 0.2) is 42.7 Å². The zero-order chi connectivity index (χ0) is 14.0. The van der Waals surface area contributed by atoms with Crippen molar-refractivity contribution in [2.75, 3.05) is 6.61 Å². The predicted molar refractivity (Wildman–Crippen MR) is 73.5 cm³/mol. The Labute approximate surface area is 117 Å². The molecular formula is C15H17N3O2. The van der Waals surface area contributed by atoms with Gasteiger partial charge in [-0.15, -0.1) is 0 Å². The lowest BCUT2D eigenvalue weighted by atomic mass is 9.86. The van der Waals surface area contributed by atoms with E-state index in [9.17, 15) is 0 Å². The largest absolute Gasteiger partial charge is 0.296 e. The number of aromatic nitrogens is 2. The number of aryl methyl sites for hydroxylation is 1. The second-order valence-electron chi connectivity index (χ2n) is 4.83. The third-order valence-electron chi connectivity index (χ3n) is 3.67. The Morgan fingerprint density at radius 3 is 2.75 bits per heavy atom. The summed E-state index contributed by atoms with van der Waals surface area (Å²) in [5.74, 6) is 0.412. The highest BCUT2D eigenvalue weighted by Gasteiger charge is 2.48. The summed E-state index contributed by atoms with van der Waals surface area (Å²) < 4.78 is 0. The van der Waals surface area contributed by atoms with Crippen molar-refractivity contribution >= 4 is 0 Å². The molecule has 1 aliphatic rings. The third kappa shape index (κ3) is 2.10. The van der Waals surface area contributed by atoms with Crippen LogP contribution in [0.3, 0.4) is 0 Å². The minimum atomic E-state index is -1.05. The van der Waals surface area contributed by atoms with Gasteiger partial charge in [-0.2, -0.15) is 0 Å². The van der Waals surface area contributed by atoms with Gasteiger partial charge in [0.1, 0.15) is 5.82 Å². The maximum absolute atomic E-state index is 6.51. The first-order valence-corrected chi connectivity index (χ1v) is 6.70. The SMILES string of the molecule is CCc1ccccc1C1(N)OOCC1c1ncccn1. The number of benzene rings is 1. The summed E-state index contributed by atoms with van der Waals surface area (Å²) in [7, 11) is 0. The van der Waals surface area contributed by atoms with Crippen LogP contribution in [0.4, 0.5) is 0 Å². The van der Waals surface area contributed by atoms with Gasteiger partial charge in [0, 0.05) is 18.0 Å². The van der Waals surface area contributed by atoms with Gasteiger partial charge in [-0.25, -0.2) is 19.7 Å². The van der Waals surface area contributed by atoms with Gasteiger partial charge in [0.15, 0.2) is 5.72 Å². The predicted octanol–water partition coefficient (Wildman–Crippen LogP) is 1.90. The Morgan fingerprint density at radius 2 is 2.00 bits per heavy atom. The van der Waals surface area contributed by atoms with Crippen molar-refractivity contribution in [3.05, 3.63) is 59.7 Å². The van der Waals surface area contributed by atoms with E-state index in [1.807, 2.05) is 18.2 Å². The van der Waals surface area contributed by atoms with E-state index in [2.05, 4.69) is 23.0 Å². The molecule has 1 fully saturated rings. The molecule has 2 heterocycles. The third-order valence-corrected chi connectivity index (χ3v) is 3.67. The van der Waals surface area contributed by atoms with E-state index in [-0.39, 0.29) is 5.92 Å². The van der Waals surface area contributed by atoms with Gasteiger partial charge < -0.3 is 0 Å². The standard InChI is InChI=1S/C15H17N3O2/c1-2-11-6-3-4-7-12(11)15(16)13(10-19-20-15)14-17-8-5-9-18-14/h3-9,13H,2,10,16H2,1H3. The zero-order valence-electron chi connectivity index (χ0n) is 11.3. The van der Waals surface area contributed by atoms with Crippen LogP contribution in [0, 0.1) is 0 Å². The molecule has 2 N–H and O–H groups in total. The summed E-state index contributed by atoms with van der Waals surface area (Å²) in [6.45, 7) is 2.44. The summed E-state index contributed by atoms with van der Waals surface area (Å²) in [5, 5.41) is 0. The fourth-order valence-electron chi connectivity index (χ4n) is 2.58. The molecule has 0 spiro atoms. The van der Waals surface area contributed by atoms with Gasteiger partial charge in [-0.05, 0) is 18.1 Å². The van der Waals surface area contributed by atoms with Crippen LogP contribution in [-0.4, -0.2) is 16.6 Å². The smallest absolute Gasteiger partial charge is 0.190 e. The van der Waals surface area contributed by atoms with Crippen LogP contribution < -0.4 is 5.73 Å². The molecule has 0 bridgehead atoms. The van der Waals surface area contributed by atoms with Crippen molar-refractivity contribution in [2.24, 2.45) is 5.73 Å². The van der Waals surface area contributed by atoms with E-state index >= 15 is 0 Å². The molecule has 1 aromatic carbocycles. The Morgan fingerprint density at radius 1 is 1.25 bits per heavy atom. The number of nitrogens with zero attached hydrogens (tertiary/aromatic N) is 2. The lowest BCUT2D eigenvalue weighted by Gasteiger charge is -2.28. The van der Waals surface area contributed by atoms with E-state index in [1.165, 1.54) is 0 Å². The summed E-state index contributed by atoms with van der Waals surface area (Å²) >= 11 is 0. The molecule has 0 amide bonds. The van der Waals surface area contributed by atoms with Crippen molar-refractivity contribution in [2.45, 2.75) is 25.0 Å². The molecule has 1 saturated heterocycles. The Kier molecular flexibility index (Phi) is 3.48. The van der Waals surface area contributed by atoms with Crippen LogP contribution in [0.2, 0.25) is 0 Å². The average Bonchev–Trinajstić information content (AvgIpc) is 2.91. The van der Waals surface area contributed by atoms with Crippen molar-refractivity contribution in [3.8, 4) is 0 Å². The van der Waals surface area contributed by atoms with Crippen molar-refractivity contribution in [1.29, 1.82) is 0 Å². The molecule has 5 heteroatoms. The van der Waals surface area contributed by atoms with Gasteiger partial charge in [-0.1, -0.05) is 31.2 Å². The molecular weight excluding hydrogens is 254 g/mol. The Balaban J connectivity index is 2.06. The molecule has 0 aliphatic carbocycles. The lowest BCUT2D eigenvalue weighted by Crippen LogP contribution is -2.42. The van der Waals surface area contributed by atoms with E-state index in [1.54, 1.807) is 18.5 Å². The molecule has 1 aromatic heterocycles. The van der Waals surface area contributed by atoms with Crippen LogP contribution in [-0.2, 0) is 21.9 Å². The number of hydrogen-bond acceptors (Lipinski definition) is 5. The quantitative estimate of drug-likeness (QED) is 0.863. The highest BCUT2D eigenvalue weighted by Crippen LogP contribution is 2.41. The summed E-state index contributed by atoms with van der Waals surface area (Å²) in [6.07, 6.45) is 4.28. The fraction of sp³-hybridized carbons (Fsp3) is 0.333. The first kappa shape index (κ1) is 13.2. The molecule has 3 rings (SSSR count). The topological polar surface area (TPSA) is 70.3 Å². The summed E-state index contributed by atoms with van der Waals surface area (Å²) in [6, 6.07) is 9.75. The monoisotopic (exact) mass is 271 g/mol. The second kappa shape index (κ2) is 5.28. The molecule has 104 valence electrons. The average molecular weight is 271 g/mol. The van der Waals surface area contributed by atoms with E-state index in [0.29, 0.717) is 12.4 Å². The Hall–Kier alpha value is -1.82. The van der Waals surface area contributed by atoms with Gasteiger partial charge in [-0.3, -0.25) is 5.73 Å². The van der Waals surface area contributed by atoms with Gasteiger partial charge in [0.25, 0.3) is 0 Å². The number of rotatable bonds is 3. The summed E-state index contributed by atoms with van der Waals surface area (Å²) in [4.78, 5) is 19.2. The molecule has 2 aromatic rings. The zero-order valence-corrected chi connectivity index (χ0v) is 11.3. The van der Waals surface area contributed by atoms with Gasteiger partial charge >= 0.3 is 0 Å². The van der Waals surface area contributed by atoms with Gasteiger partial charge in [0.2, 0.25) is 0 Å². The maximum Gasteiger partial charge on any atom is 0.190 e. The van der Waals surface area contributed by atoms with Gasteiger partial charge in [0.05, 0.1) is 12.5 Å². The molecule has 2 unspecified atom stereocenters. The normalized spacial score (nSPS) is 25.8. The first-order chi connectivity index (χ1) is 9.75. The second-order valence-corrected chi connectivity index (χ2v) is 4.83. The van der Waals surface area contributed by atoms with Crippen LogP contribution in [0.25, 0.3) is 0 Å². The van der Waals surface area contributed by atoms with E-state index < -0.39 is 5.72 Å². The van der Waals surface area contributed by atoms with Crippen molar-refractivity contribution < 1.29 is 9.78 Å². The molecule has 0 saturated carbocycles. The minimum Gasteiger partial charge on any atom is -0.296 e. The molecule has 0 radical (unpaired) electrons. The van der Waals surface area contributed by atoms with Crippen LogP contribution in [0.5, 0.6) is 0 Å². The fourth-order valence-corrected chi connectivity index (χ4v) is 2.58. The highest BCUT2D eigenvalue weighted by molar-refractivity contribution is 5.35. The van der Waals surface area contributed by atoms with Crippen LogP contribution in [0.1, 0.15) is 29.8 Å². The molecule has 5 nitrogen and oxygen atoms in total. The summed E-state index contributed by atoms with van der Waals surface area (Å²) in [5.41, 5.74) is 7.53. The molecule has 2 atom stereocenters. The highest BCUT2D eigenvalue weighted by atomic mass is 17.2. The molecule has 1 aliphatic heterocycles.